The van der Waals surface area contributed by atoms with Gasteiger partial charge in [0.2, 0.25) is 5.91 Å². The predicted molar refractivity (Wildman–Crippen MR) is 182 cm³/mol. The number of fused-ring (bicyclic) bond motifs is 3. The van der Waals surface area contributed by atoms with Crippen LogP contribution in [0.2, 0.25) is 0 Å². The molecule has 3 aliphatic heterocycles. The molecule has 0 saturated carbocycles. The van der Waals surface area contributed by atoms with Crippen LogP contribution >= 0.6 is 0 Å². The Morgan fingerprint density at radius 1 is 0.837 bits per heavy atom. The molecule has 49 heavy (non-hydrogen) atoms. The van der Waals surface area contributed by atoms with Gasteiger partial charge in [-0.25, -0.2) is 0 Å². The fourth-order valence-corrected chi connectivity index (χ4v) is 8.41. The summed E-state index contributed by atoms with van der Waals surface area (Å²) in [4.78, 5) is 44.7. The average Bonchev–Trinajstić information content (AvgIpc) is 3.61. The van der Waals surface area contributed by atoms with E-state index in [1.165, 1.54) is 12.1 Å². The van der Waals surface area contributed by atoms with E-state index in [1.54, 1.807) is 18.2 Å². The Hall–Kier alpha value is -5.65. The van der Waals surface area contributed by atoms with Crippen LogP contribution in [0, 0.1) is 17.8 Å². The molecule has 2 saturated heterocycles. The van der Waals surface area contributed by atoms with Crippen LogP contribution in [0.25, 0.3) is 0 Å². The fraction of sp³-hybridized carbons (Fsp3) is 0.244. The Morgan fingerprint density at radius 2 is 1.55 bits per heavy atom. The predicted octanol–water partition coefficient (Wildman–Crippen LogP) is 6.60. The number of amides is 1. The van der Waals surface area contributed by atoms with Crippen molar-refractivity contribution in [3.8, 4) is 17.6 Å². The van der Waals surface area contributed by atoms with Crippen molar-refractivity contribution in [1.82, 2.24) is 4.90 Å². The van der Waals surface area contributed by atoms with Gasteiger partial charge in [0.05, 0.1) is 12.1 Å². The zero-order chi connectivity index (χ0) is 33.7. The van der Waals surface area contributed by atoms with Crippen LogP contribution in [-0.2, 0) is 24.5 Å². The van der Waals surface area contributed by atoms with Crippen molar-refractivity contribution in [2.45, 2.75) is 55.3 Å². The minimum Gasteiger partial charge on any atom is -0.508 e. The number of esters is 1. The summed E-state index contributed by atoms with van der Waals surface area (Å²) in [6, 6.07) is 27.8. The van der Waals surface area contributed by atoms with Gasteiger partial charge in [-0.05, 0) is 83.8 Å². The highest BCUT2D eigenvalue weighted by Gasteiger charge is 2.74. The minimum absolute atomic E-state index is 0.0211. The number of benzene rings is 4. The molecule has 4 aliphatic rings. The quantitative estimate of drug-likeness (QED) is 0.168. The molecular formula is C41H34N2O6. The highest BCUT2D eigenvalue weighted by Crippen LogP contribution is 2.64. The van der Waals surface area contributed by atoms with E-state index in [1.807, 2.05) is 77.7 Å². The van der Waals surface area contributed by atoms with E-state index >= 15 is 0 Å². The van der Waals surface area contributed by atoms with Gasteiger partial charge in [-0.2, -0.15) is 0 Å². The number of aromatic hydroxyl groups is 1. The van der Waals surface area contributed by atoms with Crippen molar-refractivity contribution in [1.29, 1.82) is 0 Å². The number of nitrogens with one attached hydrogen (secondary N) is 1. The van der Waals surface area contributed by atoms with E-state index < -0.39 is 53.4 Å². The zero-order valence-corrected chi connectivity index (χ0v) is 26.6. The lowest BCUT2D eigenvalue weighted by molar-refractivity contribution is -0.179. The highest BCUT2D eigenvalue weighted by atomic mass is 16.6. The van der Waals surface area contributed by atoms with Gasteiger partial charge >= 0.3 is 11.9 Å². The third-order valence-electron chi connectivity index (χ3n) is 10.4. The smallest absolute Gasteiger partial charge is 0.325 e. The number of phenols is 1. The number of phenolic OH excluding ortho intramolecular Hbond substituents is 1. The van der Waals surface area contributed by atoms with Crippen LogP contribution < -0.4 is 5.32 Å². The maximum atomic E-state index is 14.7. The topological polar surface area (TPSA) is 116 Å². The summed E-state index contributed by atoms with van der Waals surface area (Å²) < 4.78 is 6.25. The Labute approximate surface area is 284 Å². The SMILES string of the molecule is O=C1O[C@H](c2ccccc2)[C@H](c2ccccc2)N2[C@H]1[C@@H](C(=O)O)[C@]1(C(=O)Nc3ccc(C#CC4=CCCCC4)cc31)[C@H]2c1ccc(O)cc1. The first-order valence-electron chi connectivity index (χ1n) is 16.6. The molecule has 1 spiro atoms. The number of carbonyl (C=O) groups excluding carboxylic acids is 2. The van der Waals surface area contributed by atoms with Crippen LogP contribution in [0.5, 0.6) is 5.75 Å². The van der Waals surface area contributed by atoms with Gasteiger partial charge in [0, 0.05) is 11.3 Å². The van der Waals surface area contributed by atoms with Gasteiger partial charge < -0.3 is 20.3 Å². The first-order valence-corrected chi connectivity index (χ1v) is 16.6. The molecule has 8 heteroatoms. The Kier molecular flexibility index (Phi) is 7.58. The van der Waals surface area contributed by atoms with Crippen LogP contribution in [0.3, 0.4) is 0 Å². The van der Waals surface area contributed by atoms with Crippen molar-refractivity contribution in [2.75, 3.05) is 5.32 Å². The number of anilines is 1. The monoisotopic (exact) mass is 650 g/mol. The number of ether oxygens (including phenoxy) is 1. The number of allylic oxidation sites excluding steroid dienone is 2. The van der Waals surface area contributed by atoms with Crippen molar-refractivity contribution in [3.05, 3.63) is 143 Å². The van der Waals surface area contributed by atoms with Gasteiger partial charge in [0.1, 0.15) is 29.2 Å². The van der Waals surface area contributed by atoms with E-state index in [0.717, 1.165) is 42.4 Å². The lowest BCUT2D eigenvalue weighted by Crippen LogP contribution is -2.52. The summed E-state index contributed by atoms with van der Waals surface area (Å²) >= 11 is 0. The number of hydrogen-bond donors (Lipinski definition) is 3. The standard InChI is InChI=1S/C41H34N2O6/c44-30-21-19-29(20-22-30)37-41(31-24-26(18-23-32(31)42-40(41)48)17-16-25-10-4-1-5-11-25)33(38(45)46)35-39(47)49-36(28-14-8-3-9-15-28)34(43(35)37)27-12-6-2-7-13-27/h2-3,6-10,12-15,18-24,33-37,44H,1,4-5,11H2,(H,42,48)(H,45,46)/t33-,34-,35-,36+,37+,41-/m0/s1. The van der Waals surface area contributed by atoms with Crippen molar-refractivity contribution in [3.63, 3.8) is 0 Å². The molecule has 3 heterocycles. The molecule has 0 unspecified atom stereocenters. The number of carbonyl (C=O) groups is 3. The van der Waals surface area contributed by atoms with E-state index in [0.29, 0.717) is 22.4 Å². The third-order valence-corrected chi connectivity index (χ3v) is 10.4. The summed E-state index contributed by atoms with van der Waals surface area (Å²) in [5, 5.41) is 24.5. The number of carboxylic acids is 1. The molecule has 0 aromatic heterocycles. The molecule has 244 valence electrons. The number of aliphatic carboxylic acids is 1. The molecule has 1 amide bonds. The molecule has 0 bridgehead atoms. The number of rotatable bonds is 4. The molecule has 6 atom stereocenters. The summed E-state index contributed by atoms with van der Waals surface area (Å²) in [7, 11) is 0. The van der Waals surface area contributed by atoms with E-state index in [2.05, 4.69) is 23.2 Å². The van der Waals surface area contributed by atoms with E-state index in [-0.39, 0.29) is 5.75 Å². The van der Waals surface area contributed by atoms with E-state index in [9.17, 15) is 24.6 Å². The number of morpholine rings is 1. The zero-order valence-electron chi connectivity index (χ0n) is 26.6. The summed E-state index contributed by atoms with van der Waals surface area (Å²) in [5.74, 6) is 2.54. The van der Waals surface area contributed by atoms with Crippen LogP contribution in [0.15, 0.2) is 115 Å². The first kappa shape index (κ1) is 30.7. The Balaban J connectivity index is 1.39. The molecule has 3 N–H and O–H groups in total. The normalized spacial score (nSPS) is 27.3. The molecule has 8 nitrogen and oxygen atoms in total. The summed E-state index contributed by atoms with van der Waals surface area (Å²) in [6.07, 6.45) is 5.48. The third kappa shape index (κ3) is 4.92. The van der Waals surface area contributed by atoms with Crippen molar-refractivity contribution in [2.24, 2.45) is 5.92 Å². The largest absolute Gasteiger partial charge is 0.508 e. The van der Waals surface area contributed by atoms with Gasteiger partial charge in [-0.15, -0.1) is 0 Å². The summed E-state index contributed by atoms with van der Waals surface area (Å²) in [5.41, 5.74) is 3.03. The Bertz CT molecular complexity index is 2050. The number of nitrogens with zero attached hydrogens (tertiary/aromatic N) is 1. The second-order valence-electron chi connectivity index (χ2n) is 13.1. The van der Waals surface area contributed by atoms with Gasteiger partial charge in [0.15, 0.2) is 0 Å². The average molecular weight is 651 g/mol. The second-order valence-corrected chi connectivity index (χ2v) is 13.1. The number of cyclic esters (lactones) is 1. The molecule has 4 aromatic rings. The Morgan fingerprint density at radius 3 is 2.22 bits per heavy atom. The fourth-order valence-electron chi connectivity index (χ4n) is 8.41. The summed E-state index contributed by atoms with van der Waals surface area (Å²) in [6.45, 7) is 0. The lowest BCUT2D eigenvalue weighted by Gasteiger charge is -2.46. The lowest BCUT2D eigenvalue weighted by atomic mass is 9.65. The van der Waals surface area contributed by atoms with Crippen LogP contribution in [-0.4, -0.2) is 39.0 Å². The minimum atomic E-state index is -1.76. The highest BCUT2D eigenvalue weighted by molar-refractivity contribution is 6.11. The maximum absolute atomic E-state index is 14.7. The molecule has 8 rings (SSSR count). The van der Waals surface area contributed by atoms with Crippen molar-refractivity contribution < 1.29 is 29.3 Å². The molecule has 1 aliphatic carbocycles. The molecule has 2 fully saturated rings. The maximum Gasteiger partial charge on any atom is 0.325 e. The number of carboxylic acid groups (broad SMARTS) is 1. The van der Waals surface area contributed by atoms with Gasteiger partial charge in [-0.3, -0.25) is 19.3 Å². The van der Waals surface area contributed by atoms with E-state index in [4.69, 9.17) is 4.74 Å². The van der Waals surface area contributed by atoms with Crippen LogP contribution in [0.4, 0.5) is 5.69 Å². The number of hydrogen-bond acceptors (Lipinski definition) is 6. The van der Waals surface area contributed by atoms with Gasteiger partial charge in [-0.1, -0.05) is 90.7 Å². The molecule has 0 radical (unpaired) electrons. The second kappa shape index (κ2) is 12.1. The van der Waals surface area contributed by atoms with Crippen molar-refractivity contribution >= 4 is 23.5 Å². The molecule has 4 aromatic carbocycles. The first-order chi connectivity index (χ1) is 23.9. The van der Waals surface area contributed by atoms with Crippen LogP contribution in [0.1, 0.15) is 71.7 Å². The van der Waals surface area contributed by atoms with Gasteiger partial charge in [0.25, 0.3) is 0 Å². The molecular weight excluding hydrogens is 616 g/mol.